The van der Waals surface area contributed by atoms with Gasteiger partial charge in [0.1, 0.15) is 5.75 Å². The zero-order chi connectivity index (χ0) is 20.1. The van der Waals surface area contributed by atoms with E-state index in [2.05, 4.69) is 15.5 Å². The third-order valence-electron chi connectivity index (χ3n) is 4.91. The Morgan fingerprint density at radius 3 is 2.71 bits per heavy atom. The molecule has 7 heteroatoms. The number of nitrogens with zero attached hydrogens (tertiary/aromatic N) is 1. The van der Waals surface area contributed by atoms with Crippen LogP contribution in [0, 0.1) is 0 Å². The van der Waals surface area contributed by atoms with Gasteiger partial charge in [-0.15, -0.1) is 0 Å². The Morgan fingerprint density at radius 2 is 1.93 bits per heavy atom. The number of hydrogen-bond donors (Lipinski definition) is 3. The second-order valence-electron chi connectivity index (χ2n) is 6.78. The summed E-state index contributed by atoms with van der Waals surface area (Å²) >= 11 is 0. The molecule has 148 valence electrons. The topological polar surface area (TPSA) is 90.9 Å². The highest BCUT2D eigenvalue weighted by molar-refractivity contribution is 6.35. The van der Waals surface area contributed by atoms with Crippen LogP contribution in [0.2, 0.25) is 0 Å². The monoisotopic (exact) mass is 383 g/mol. The van der Waals surface area contributed by atoms with Gasteiger partial charge in [0.05, 0.1) is 13.2 Å². The minimum atomic E-state index is -0.873. The zero-order valence-electron chi connectivity index (χ0n) is 16.1. The first-order valence-electron chi connectivity index (χ1n) is 9.19. The Balaban J connectivity index is 1.50. The van der Waals surface area contributed by atoms with Crippen molar-refractivity contribution in [1.29, 1.82) is 0 Å². The lowest BCUT2D eigenvalue weighted by molar-refractivity contribution is -0.139. The summed E-state index contributed by atoms with van der Waals surface area (Å²) in [7, 11) is 3.58. The van der Waals surface area contributed by atoms with Crippen molar-refractivity contribution in [3.63, 3.8) is 0 Å². The lowest BCUT2D eigenvalue weighted by Gasteiger charge is -2.15. The summed E-state index contributed by atoms with van der Waals surface area (Å²) in [6, 6.07) is 13.0. The number of ether oxygens (including phenoxy) is 1. The average molecular weight is 383 g/mol. The zero-order valence-corrected chi connectivity index (χ0v) is 16.1. The quantitative estimate of drug-likeness (QED) is 0.651. The molecule has 3 rings (SSSR count). The summed E-state index contributed by atoms with van der Waals surface area (Å²) in [5.74, 6) is -0.899. The predicted molar refractivity (Wildman–Crippen MR) is 106 cm³/mol. The van der Waals surface area contributed by atoms with Crippen LogP contribution < -0.4 is 20.3 Å². The van der Waals surface area contributed by atoms with Crippen LogP contribution >= 0.6 is 0 Å². The molecule has 7 nitrogen and oxygen atoms in total. The molecule has 0 bridgehead atoms. The number of aliphatic hydroxyl groups excluding tert-OH is 1. The minimum absolute atomic E-state index is 0.0322. The van der Waals surface area contributed by atoms with Gasteiger partial charge in [-0.2, -0.15) is 0 Å². The summed E-state index contributed by atoms with van der Waals surface area (Å²) in [6.07, 6.45) is 0.0616. The molecule has 28 heavy (non-hydrogen) atoms. The van der Waals surface area contributed by atoms with Gasteiger partial charge in [0.15, 0.2) is 0 Å². The molecular weight excluding hydrogens is 358 g/mol. The van der Waals surface area contributed by atoms with Gasteiger partial charge in [-0.05, 0) is 29.7 Å². The molecule has 0 saturated carbocycles. The Labute approximate surface area is 164 Å². The van der Waals surface area contributed by atoms with Crippen LogP contribution in [0.4, 0.5) is 5.69 Å². The van der Waals surface area contributed by atoms with E-state index in [-0.39, 0.29) is 13.1 Å². The lowest BCUT2D eigenvalue weighted by Crippen LogP contribution is -2.41. The molecule has 2 aromatic carbocycles. The molecule has 0 fully saturated rings. The number of carbonyl (C=O) groups excluding carboxylic acids is 2. The molecule has 1 atom stereocenters. The fraction of sp³-hybridized carbons (Fsp3) is 0.333. The number of hydrogen-bond acceptors (Lipinski definition) is 5. The highest BCUT2D eigenvalue weighted by Crippen LogP contribution is 2.29. The van der Waals surface area contributed by atoms with E-state index in [0.717, 1.165) is 29.8 Å². The van der Waals surface area contributed by atoms with Crippen molar-refractivity contribution < 1.29 is 19.4 Å². The van der Waals surface area contributed by atoms with Crippen LogP contribution in [0.25, 0.3) is 0 Å². The first-order chi connectivity index (χ1) is 13.5. The Bertz CT molecular complexity index is 868. The Hall–Kier alpha value is -3.06. The van der Waals surface area contributed by atoms with E-state index in [1.807, 2.05) is 43.4 Å². The van der Waals surface area contributed by atoms with Crippen molar-refractivity contribution in [3.05, 3.63) is 59.2 Å². The molecule has 0 aliphatic carbocycles. The van der Waals surface area contributed by atoms with Gasteiger partial charge >= 0.3 is 11.8 Å². The fourth-order valence-electron chi connectivity index (χ4n) is 3.29. The summed E-state index contributed by atoms with van der Waals surface area (Å²) < 4.78 is 5.22. The van der Waals surface area contributed by atoms with Gasteiger partial charge in [0, 0.05) is 37.9 Å². The van der Waals surface area contributed by atoms with Crippen LogP contribution in [-0.2, 0) is 22.6 Å². The highest BCUT2D eigenvalue weighted by atomic mass is 16.5. The van der Waals surface area contributed by atoms with E-state index >= 15 is 0 Å². The van der Waals surface area contributed by atoms with E-state index in [1.165, 1.54) is 5.56 Å². The van der Waals surface area contributed by atoms with E-state index in [4.69, 9.17) is 4.74 Å². The molecule has 0 spiro atoms. The number of aliphatic hydroxyl groups is 1. The van der Waals surface area contributed by atoms with Crippen molar-refractivity contribution >= 4 is 17.5 Å². The van der Waals surface area contributed by atoms with Crippen LogP contribution in [0.3, 0.4) is 0 Å². The SMILES string of the molecule is COc1ccccc1CNC(=O)C(=O)NCC(O)c1ccc2c(c1)CCN2C. The van der Waals surface area contributed by atoms with Gasteiger partial charge in [-0.3, -0.25) is 9.59 Å². The number of nitrogens with one attached hydrogen (secondary N) is 2. The van der Waals surface area contributed by atoms with E-state index in [1.54, 1.807) is 13.2 Å². The molecule has 1 heterocycles. The van der Waals surface area contributed by atoms with Gasteiger partial charge in [-0.1, -0.05) is 30.3 Å². The summed E-state index contributed by atoms with van der Waals surface area (Å²) in [4.78, 5) is 26.2. The first kappa shape index (κ1) is 19.7. The van der Waals surface area contributed by atoms with Crippen LogP contribution in [0.15, 0.2) is 42.5 Å². The normalized spacial score (nSPS) is 13.6. The number of likely N-dealkylation sites (N-methyl/N-ethyl adjacent to an activating group) is 1. The van der Waals surface area contributed by atoms with Crippen LogP contribution in [-0.4, -0.2) is 44.2 Å². The molecule has 2 amide bonds. The van der Waals surface area contributed by atoms with Gasteiger partial charge < -0.3 is 25.4 Å². The average Bonchev–Trinajstić information content (AvgIpc) is 3.10. The Kier molecular flexibility index (Phi) is 6.16. The standard InChI is InChI=1S/C21H25N3O4/c1-24-10-9-14-11-15(7-8-17(14)24)18(25)13-23-21(27)20(26)22-12-16-5-3-4-6-19(16)28-2/h3-8,11,18,25H,9-10,12-13H2,1-2H3,(H,22,26)(H,23,27). The fourth-order valence-corrected chi connectivity index (χ4v) is 3.29. The van der Waals surface area contributed by atoms with Gasteiger partial charge in [-0.25, -0.2) is 0 Å². The number of methoxy groups -OCH3 is 1. The van der Waals surface area contributed by atoms with Crippen LogP contribution in [0.1, 0.15) is 22.8 Å². The van der Waals surface area contributed by atoms with Gasteiger partial charge in [0.25, 0.3) is 0 Å². The highest BCUT2D eigenvalue weighted by Gasteiger charge is 2.19. The van der Waals surface area contributed by atoms with E-state index in [9.17, 15) is 14.7 Å². The predicted octanol–water partition coefficient (Wildman–Crippen LogP) is 1.15. The number of carbonyl (C=O) groups is 2. The number of para-hydroxylation sites is 1. The maximum absolute atomic E-state index is 12.0. The molecule has 1 aliphatic rings. The number of fused-ring (bicyclic) bond motifs is 1. The number of anilines is 1. The third kappa shape index (κ3) is 4.43. The lowest BCUT2D eigenvalue weighted by atomic mass is 10.0. The van der Waals surface area contributed by atoms with Gasteiger partial charge in [0.2, 0.25) is 0 Å². The van der Waals surface area contributed by atoms with Crippen molar-refractivity contribution in [3.8, 4) is 5.75 Å². The van der Waals surface area contributed by atoms with Crippen molar-refractivity contribution in [2.45, 2.75) is 19.1 Å². The number of amides is 2. The molecule has 0 saturated heterocycles. The molecule has 3 N–H and O–H groups in total. The number of rotatable bonds is 6. The molecule has 2 aromatic rings. The molecule has 1 aliphatic heterocycles. The van der Waals surface area contributed by atoms with E-state index in [0.29, 0.717) is 5.75 Å². The maximum Gasteiger partial charge on any atom is 0.309 e. The number of benzene rings is 2. The second-order valence-corrected chi connectivity index (χ2v) is 6.78. The van der Waals surface area contributed by atoms with Crippen LogP contribution in [0.5, 0.6) is 5.75 Å². The minimum Gasteiger partial charge on any atom is -0.496 e. The largest absolute Gasteiger partial charge is 0.496 e. The molecule has 0 aromatic heterocycles. The third-order valence-corrected chi connectivity index (χ3v) is 4.91. The van der Waals surface area contributed by atoms with Crippen molar-refractivity contribution in [2.24, 2.45) is 0 Å². The summed E-state index contributed by atoms with van der Waals surface area (Å²) in [6.45, 7) is 1.10. The van der Waals surface area contributed by atoms with Crippen molar-refractivity contribution in [2.75, 3.05) is 32.1 Å². The smallest absolute Gasteiger partial charge is 0.309 e. The second kappa shape index (κ2) is 8.75. The first-order valence-corrected chi connectivity index (χ1v) is 9.19. The summed E-state index contributed by atoms with van der Waals surface area (Å²) in [5.41, 5.74) is 3.84. The summed E-state index contributed by atoms with van der Waals surface area (Å²) in [5, 5.41) is 15.4. The van der Waals surface area contributed by atoms with Crippen molar-refractivity contribution in [1.82, 2.24) is 10.6 Å². The van der Waals surface area contributed by atoms with E-state index < -0.39 is 17.9 Å². The molecular formula is C21H25N3O4. The molecule has 0 radical (unpaired) electrons. The maximum atomic E-state index is 12.0. The molecule has 1 unspecified atom stereocenters. The Morgan fingerprint density at radius 1 is 1.18 bits per heavy atom.